The smallest absolute Gasteiger partial charge is 0.338 e. The third kappa shape index (κ3) is 8.69. The molecule has 0 amide bonds. The second-order valence-corrected chi connectivity index (χ2v) is 8.79. The molecule has 2 aromatic rings. The van der Waals surface area contributed by atoms with E-state index in [4.69, 9.17) is 18.9 Å². The Bertz CT molecular complexity index is 903. The van der Waals surface area contributed by atoms with Crippen molar-refractivity contribution in [3.05, 3.63) is 71.8 Å². The van der Waals surface area contributed by atoms with Gasteiger partial charge in [-0.25, -0.2) is 9.59 Å². The number of hydrogen-bond acceptors (Lipinski definition) is 7. The monoisotopic (exact) mass is 456 g/mol. The molecule has 0 aliphatic carbocycles. The summed E-state index contributed by atoms with van der Waals surface area (Å²) in [5, 5.41) is 0. The van der Waals surface area contributed by atoms with Gasteiger partial charge < -0.3 is 18.9 Å². The highest BCUT2D eigenvalue weighted by Crippen LogP contribution is 2.28. The van der Waals surface area contributed by atoms with Gasteiger partial charge in [0, 0.05) is 6.92 Å². The van der Waals surface area contributed by atoms with Gasteiger partial charge in [-0.3, -0.25) is 4.79 Å². The van der Waals surface area contributed by atoms with Crippen LogP contribution in [0.2, 0.25) is 0 Å². The van der Waals surface area contributed by atoms with E-state index in [1.165, 1.54) is 6.92 Å². The first-order valence-corrected chi connectivity index (χ1v) is 10.8. The molecular weight excluding hydrogens is 424 g/mol. The molecule has 7 nitrogen and oxygen atoms in total. The van der Waals surface area contributed by atoms with Gasteiger partial charge >= 0.3 is 17.9 Å². The normalized spacial score (nSPS) is 14.0. The number of hydrogen-bond donors (Lipinski definition) is 0. The van der Waals surface area contributed by atoms with E-state index in [1.807, 2.05) is 26.8 Å². The van der Waals surface area contributed by atoms with Crippen molar-refractivity contribution in [2.24, 2.45) is 5.41 Å². The Kier molecular flexibility index (Phi) is 9.60. The summed E-state index contributed by atoms with van der Waals surface area (Å²) in [4.78, 5) is 36.3. The zero-order chi connectivity index (χ0) is 24.4. The van der Waals surface area contributed by atoms with Crippen molar-refractivity contribution in [2.75, 3.05) is 13.2 Å². The Balaban J connectivity index is 2.11. The molecule has 0 aliphatic heterocycles. The Morgan fingerprint density at radius 3 is 1.76 bits per heavy atom. The Labute approximate surface area is 195 Å². The van der Waals surface area contributed by atoms with Crippen molar-refractivity contribution in [3.8, 4) is 0 Å². The molecule has 2 rings (SSSR count). The van der Waals surface area contributed by atoms with E-state index in [1.54, 1.807) is 61.5 Å². The lowest BCUT2D eigenvalue weighted by Gasteiger charge is -2.37. The van der Waals surface area contributed by atoms with Gasteiger partial charge in [-0.1, -0.05) is 57.2 Å². The van der Waals surface area contributed by atoms with E-state index in [2.05, 4.69) is 0 Å². The number of esters is 3. The predicted octanol–water partition coefficient (Wildman–Crippen LogP) is 4.45. The van der Waals surface area contributed by atoms with E-state index in [0.717, 1.165) is 0 Å². The van der Waals surface area contributed by atoms with E-state index in [-0.39, 0.29) is 13.2 Å². The Hall–Kier alpha value is -3.19. The summed E-state index contributed by atoms with van der Waals surface area (Å²) in [6, 6.07) is 17.3. The molecule has 0 radical (unpaired) electrons. The van der Waals surface area contributed by atoms with Crippen LogP contribution >= 0.6 is 0 Å². The minimum Gasteiger partial charge on any atom is -0.463 e. The highest BCUT2D eigenvalue weighted by Gasteiger charge is 2.36. The molecule has 7 heteroatoms. The summed E-state index contributed by atoms with van der Waals surface area (Å²) in [5.74, 6) is -1.45. The van der Waals surface area contributed by atoms with E-state index < -0.39 is 41.6 Å². The van der Waals surface area contributed by atoms with E-state index >= 15 is 0 Å². The average Bonchev–Trinajstić information content (AvgIpc) is 2.78. The molecule has 2 aromatic carbocycles. The molecule has 0 spiro atoms. The lowest BCUT2D eigenvalue weighted by molar-refractivity contribution is -0.162. The molecule has 178 valence electrons. The van der Waals surface area contributed by atoms with Crippen molar-refractivity contribution in [1.29, 1.82) is 0 Å². The zero-order valence-corrected chi connectivity index (χ0v) is 19.8. The number of rotatable bonds is 10. The quantitative estimate of drug-likeness (QED) is 0.385. The fourth-order valence-electron chi connectivity index (χ4n) is 3.26. The second kappa shape index (κ2) is 12.2. The van der Waals surface area contributed by atoms with Gasteiger partial charge in [-0.05, 0) is 36.6 Å². The fourth-order valence-corrected chi connectivity index (χ4v) is 3.26. The molecule has 0 aliphatic rings. The van der Waals surface area contributed by atoms with Gasteiger partial charge in [0.15, 0.2) is 0 Å². The molecule has 0 N–H and O–H groups in total. The first-order chi connectivity index (χ1) is 15.6. The largest absolute Gasteiger partial charge is 0.463 e. The van der Waals surface area contributed by atoms with Crippen LogP contribution in [-0.2, 0) is 23.7 Å². The van der Waals surface area contributed by atoms with Gasteiger partial charge in [-0.2, -0.15) is 0 Å². The second-order valence-electron chi connectivity index (χ2n) is 8.79. The SMILES string of the molecule is CC(=O)OC[C@@H](COC(=O)c1ccccc1)OC([C@@H](C)OC(=O)c1ccccc1)C(C)(C)C. The van der Waals surface area contributed by atoms with Crippen LogP contribution in [0, 0.1) is 5.41 Å². The maximum atomic E-state index is 12.5. The van der Waals surface area contributed by atoms with Crippen molar-refractivity contribution in [2.45, 2.75) is 52.9 Å². The molecule has 0 fully saturated rings. The summed E-state index contributed by atoms with van der Waals surface area (Å²) in [6.07, 6.45) is -1.94. The summed E-state index contributed by atoms with van der Waals surface area (Å²) < 4.78 is 22.4. The Morgan fingerprint density at radius 2 is 1.27 bits per heavy atom. The lowest BCUT2D eigenvalue weighted by atomic mass is 9.86. The van der Waals surface area contributed by atoms with Gasteiger partial charge in [0.05, 0.1) is 17.2 Å². The van der Waals surface area contributed by atoms with Gasteiger partial charge in [0.1, 0.15) is 25.4 Å². The number of carbonyl (C=O) groups is 3. The summed E-state index contributed by atoms with van der Waals surface area (Å²) >= 11 is 0. The third-order valence-electron chi connectivity index (χ3n) is 4.80. The number of benzene rings is 2. The van der Waals surface area contributed by atoms with Crippen LogP contribution in [-0.4, -0.2) is 49.4 Å². The minimum absolute atomic E-state index is 0.108. The number of carbonyl (C=O) groups excluding carboxylic acids is 3. The van der Waals surface area contributed by atoms with Gasteiger partial charge in [0.25, 0.3) is 0 Å². The van der Waals surface area contributed by atoms with Gasteiger partial charge in [0.2, 0.25) is 0 Å². The number of ether oxygens (including phenoxy) is 4. The maximum Gasteiger partial charge on any atom is 0.338 e. The van der Waals surface area contributed by atoms with Crippen LogP contribution in [0.25, 0.3) is 0 Å². The third-order valence-corrected chi connectivity index (χ3v) is 4.80. The average molecular weight is 457 g/mol. The van der Waals surface area contributed by atoms with Crippen molar-refractivity contribution in [1.82, 2.24) is 0 Å². The molecule has 0 aromatic heterocycles. The van der Waals surface area contributed by atoms with Gasteiger partial charge in [-0.15, -0.1) is 0 Å². The molecule has 3 atom stereocenters. The lowest BCUT2D eigenvalue weighted by Crippen LogP contribution is -2.45. The Morgan fingerprint density at radius 1 is 0.788 bits per heavy atom. The fraction of sp³-hybridized carbons (Fsp3) is 0.423. The van der Waals surface area contributed by atoms with Crippen molar-refractivity contribution in [3.63, 3.8) is 0 Å². The van der Waals surface area contributed by atoms with E-state index in [0.29, 0.717) is 11.1 Å². The van der Waals surface area contributed by atoms with Crippen LogP contribution in [0.4, 0.5) is 0 Å². The molecule has 0 saturated carbocycles. The minimum atomic E-state index is -0.747. The highest BCUT2D eigenvalue weighted by molar-refractivity contribution is 5.89. The van der Waals surface area contributed by atoms with E-state index in [9.17, 15) is 14.4 Å². The van der Waals surface area contributed by atoms with Crippen molar-refractivity contribution < 1.29 is 33.3 Å². The molecule has 33 heavy (non-hydrogen) atoms. The maximum absolute atomic E-state index is 12.5. The first-order valence-electron chi connectivity index (χ1n) is 10.8. The molecular formula is C26H32O7. The standard InChI is InChI=1S/C26H32O7/c1-18(32-25(29)21-14-10-7-11-15-21)23(26(3,4)5)33-22(16-30-19(2)27)17-31-24(28)20-12-8-6-9-13-20/h6-15,18,22-23H,16-17H2,1-5H3/t18-,22+,23?/m1/s1. The topological polar surface area (TPSA) is 88.1 Å². The first kappa shape index (κ1) is 26.1. The molecule has 0 heterocycles. The highest BCUT2D eigenvalue weighted by atomic mass is 16.6. The van der Waals surface area contributed by atoms with Crippen molar-refractivity contribution >= 4 is 17.9 Å². The summed E-state index contributed by atoms with van der Waals surface area (Å²) in [7, 11) is 0. The van der Waals surface area contributed by atoms with Crippen LogP contribution < -0.4 is 0 Å². The van der Waals surface area contributed by atoms with Crippen LogP contribution in [0.15, 0.2) is 60.7 Å². The predicted molar refractivity (Wildman–Crippen MR) is 123 cm³/mol. The van der Waals surface area contributed by atoms with Crippen LogP contribution in [0.5, 0.6) is 0 Å². The van der Waals surface area contributed by atoms with Crippen LogP contribution in [0.1, 0.15) is 55.3 Å². The van der Waals surface area contributed by atoms with Crippen LogP contribution in [0.3, 0.4) is 0 Å². The molecule has 0 bridgehead atoms. The molecule has 1 unspecified atom stereocenters. The summed E-state index contributed by atoms with van der Waals surface area (Å²) in [6.45, 7) is 8.64. The molecule has 0 saturated heterocycles. The summed E-state index contributed by atoms with van der Waals surface area (Å²) in [5.41, 5.74) is 0.403. The zero-order valence-electron chi connectivity index (χ0n) is 19.8.